The second kappa shape index (κ2) is 10.2. The van der Waals surface area contributed by atoms with Gasteiger partial charge in [0.25, 0.3) is 0 Å². The minimum Gasteiger partial charge on any atom is -0.449 e. The number of anilines is 1. The van der Waals surface area contributed by atoms with Crippen molar-refractivity contribution < 1.29 is 9.53 Å². The molecule has 5 heteroatoms. The monoisotopic (exact) mass is 427 g/mol. The van der Waals surface area contributed by atoms with Crippen LogP contribution in [0, 0.1) is 5.92 Å². The van der Waals surface area contributed by atoms with Crippen LogP contribution in [0.15, 0.2) is 18.2 Å². The van der Waals surface area contributed by atoms with Gasteiger partial charge in [-0.2, -0.15) is 0 Å². The first-order chi connectivity index (χ1) is 15.0. The Morgan fingerprint density at radius 3 is 2.58 bits per heavy atom. The number of nitrogens with zero attached hydrogens (tertiary/aromatic N) is 3. The average Bonchev–Trinajstić information content (AvgIpc) is 3.12. The van der Waals surface area contributed by atoms with E-state index in [0.29, 0.717) is 24.4 Å². The molecule has 2 atom stereocenters. The molecule has 5 nitrogen and oxygen atoms in total. The summed E-state index contributed by atoms with van der Waals surface area (Å²) in [5.74, 6) is 1.71. The number of carbonyl (C=O) groups is 1. The maximum atomic E-state index is 12.4. The molecule has 2 fully saturated rings. The lowest BCUT2D eigenvalue weighted by molar-refractivity contribution is 0.0864. The van der Waals surface area contributed by atoms with Crippen molar-refractivity contribution in [3.63, 3.8) is 0 Å². The van der Waals surface area contributed by atoms with Gasteiger partial charge in [-0.1, -0.05) is 32.3 Å². The van der Waals surface area contributed by atoms with Crippen LogP contribution < -0.4 is 4.90 Å². The van der Waals surface area contributed by atoms with Crippen molar-refractivity contribution in [3.8, 4) is 0 Å². The Bertz CT molecular complexity index is 738. The highest BCUT2D eigenvalue weighted by Gasteiger charge is 2.29. The summed E-state index contributed by atoms with van der Waals surface area (Å²) in [5.41, 5.74) is 4.39. The standard InChI is InChI=1S/C26H41N3O2/c1-20-17-22(11-12-28(3)26(30)31-19-21-7-5-4-6-8-21)24-10-9-23(18-25(20)24)29-15-13-27(2)14-16-29/h9-10,18,20-22H,4-8,11-17,19H2,1-3H3/t20-,22-/m1/s1. The number of likely N-dealkylation sites (N-methyl/N-ethyl adjacent to an activating group) is 1. The van der Waals surface area contributed by atoms with E-state index in [9.17, 15) is 4.79 Å². The van der Waals surface area contributed by atoms with Crippen LogP contribution in [0.1, 0.15) is 74.8 Å². The molecule has 0 radical (unpaired) electrons. The number of carbonyl (C=O) groups excluding carboxylic acids is 1. The lowest BCUT2D eigenvalue weighted by Crippen LogP contribution is -2.44. The zero-order chi connectivity index (χ0) is 21.8. The molecule has 3 aliphatic rings. The van der Waals surface area contributed by atoms with Crippen molar-refractivity contribution in [2.24, 2.45) is 5.92 Å². The van der Waals surface area contributed by atoms with Crippen LogP contribution in [0.3, 0.4) is 0 Å². The molecule has 4 rings (SSSR count). The lowest BCUT2D eigenvalue weighted by Gasteiger charge is -2.34. The Balaban J connectivity index is 1.28. The van der Waals surface area contributed by atoms with Gasteiger partial charge in [0.05, 0.1) is 6.61 Å². The number of hydrogen-bond acceptors (Lipinski definition) is 4. The first-order valence-electron chi connectivity index (χ1n) is 12.5. The van der Waals surface area contributed by atoms with Crippen molar-refractivity contribution in [1.82, 2.24) is 9.80 Å². The molecule has 1 aromatic rings. The number of ether oxygens (including phenoxy) is 1. The molecule has 0 unspecified atom stereocenters. The number of piperazine rings is 1. The third-order valence-electron chi connectivity index (χ3n) is 7.84. The molecule has 1 heterocycles. The van der Waals surface area contributed by atoms with Gasteiger partial charge in [0.2, 0.25) is 0 Å². The summed E-state index contributed by atoms with van der Waals surface area (Å²) in [6.45, 7) is 8.22. The van der Waals surface area contributed by atoms with Gasteiger partial charge in [0.15, 0.2) is 0 Å². The van der Waals surface area contributed by atoms with E-state index < -0.39 is 0 Å². The molecule has 0 aromatic heterocycles. The Morgan fingerprint density at radius 2 is 1.84 bits per heavy atom. The normalized spacial score (nSPS) is 24.8. The number of amides is 1. The van der Waals surface area contributed by atoms with Crippen LogP contribution >= 0.6 is 0 Å². The number of fused-ring (bicyclic) bond motifs is 1. The zero-order valence-electron chi connectivity index (χ0n) is 19.8. The highest BCUT2D eigenvalue weighted by molar-refractivity contribution is 5.67. The smallest absolute Gasteiger partial charge is 0.409 e. The Hall–Kier alpha value is -1.75. The molecule has 0 spiro atoms. The molecule has 0 bridgehead atoms. The summed E-state index contributed by atoms with van der Waals surface area (Å²) in [5, 5.41) is 0. The first kappa shape index (κ1) is 22.4. The molecule has 0 N–H and O–H groups in total. The van der Waals surface area contributed by atoms with Gasteiger partial charge in [0, 0.05) is 45.5 Å². The fraction of sp³-hybridized carbons (Fsp3) is 0.731. The van der Waals surface area contributed by atoms with E-state index in [1.54, 1.807) is 4.90 Å². The Morgan fingerprint density at radius 1 is 1.10 bits per heavy atom. The predicted octanol–water partition coefficient (Wildman–Crippen LogP) is 5.07. The Labute approximate surface area is 188 Å². The van der Waals surface area contributed by atoms with Crippen LogP contribution in [-0.2, 0) is 4.74 Å². The molecule has 1 amide bonds. The minimum absolute atomic E-state index is 0.151. The topological polar surface area (TPSA) is 36.0 Å². The number of rotatable bonds is 6. The molecule has 31 heavy (non-hydrogen) atoms. The number of hydrogen-bond donors (Lipinski definition) is 0. The third kappa shape index (κ3) is 5.54. The van der Waals surface area contributed by atoms with Crippen LogP contribution in [-0.4, -0.2) is 69.3 Å². The lowest BCUT2D eigenvalue weighted by atomic mass is 9.90. The predicted molar refractivity (Wildman–Crippen MR) is 127 cm³/mol. The van der Waals surface area contributed by atoms with Gasteiger partial charge in [-0.15, -0.1) is 0 Å². The highest BCUT2D eigenvalue weighted by atomic mass is 16.6. The van der Waals surface area contributed by atoms with Crippen molar-refractivity contribution in [3.05, 3.63) is 29.3 Å². The highest BCUT2D eigenvalue weighted by Crippen LogP contribution is 2.44. The van der Waals surface area contributed by atoms with Crippen molar-refractivity contribution in [2.75, 3.05) is 58.3 Å². The maximum absolute atomic E-state index is 12.4. The molecule has 1 aliphatic heterocycles. The van der Waals surface area contributed by atoms with E-state index in [-0.39, 0.29) is 6.09 Å². The molecular formula is C26H41N3O2. The van der Waals surface area contributed by atoms with Crippen LogP contribution in [0.5, 0.6) is 0 Å². The van der Waals surface area contributed by atoms with Crippen molar-refractivity contribution >= 4 is 11.8 Å². The molecule has 1 saturated heterocycles. The van der Waals surface area contributed by atoms with Crippen LogP contribution in [0.2, 0.25) is 0 Å². The summed E-state index contributed by atoms with van der Waals surface area (Å²) in [4.78, 5) is 19.1. The quantitative estimate of drug-likeness (QED) is 0.635. The first-order valence-corrected chi connectivity index (χ1v) is 12.5. The summed E-state index contributed by atoms with van der Waals surface area (Å²) < 4.78 is 5.62. The molecular weight excluding hydrogens is 386 g/mol. The van der Waals surface area contributed by atoms with Crippen LogP contribution in [0.4, 0.5) is 10.5 Å². The summed E-state index contributed by atoms with van der Waals surface area (Å²) in [7, 11) is 4.09. The fourth-order valence-corrected chi connectivity index (χ4v) is 5.67. The van der Waals surface area contributed by atoms with Gasteiger partial charge in [0.1, 0.15) is 0 Å². The van der Waals surface area contributed by atoms with Crippen LogP contribution in [0.25, 0.3) is 0 Å². The van der Waals surface area contributed by atoms with E-state index in [1.807, 2.05) is 7.05 Å². The second-order valence-electron chi connectivity index (χ2n) is 10.2. The summed E-state index contributed by atoms with van der Waals surface area (Å²) in [6, 6.07) is 7.11. The molecule has 172 valence electrons. The van der Waals surface area contributed by atoms with E-state index in [1.165, 1.54) is 55.3 Å². The zero-order valence-corrected chi connectivity index (χ0v) is 19.8. The van der Waals surface area contributed by atoms with Gasteiger partial charge in [-0.05, 0) is 73.7 Å². The van der Waals surface area contributed by atoms with Gasteiger partial charge in [-0.25, -0.2) is 4.79 Å². The van der Waals surface area contributed by atoms with E-state index in [2.05, 4.69) is 42.0 Å². The van der Waals surface area contributed by atoms with Gasteiger partial charge >= 0.3 is 6.09 Å². The van der Waals surface area contributed by atoms with Gasteiger partial charge in [-0.3, -0.25) is 0 Å². The van der Waals surface area contributed by atoms with E-state index >= 15 is 0 Å². The number of benzene rings is 1. The summed E-state index contributed by atoms with van der Waals surface area (Å²) in [6.07, 6.45) is 8.38. The minimum atomic E-state index is -0.151. The van der Waals surface area contributed by atoms with Crippen molar-refractivity contribution in [2.45, 2.75) is 63.7 Å². The molecule has 2 aliphatic carbocycles. The Kier molecular flexibility index (Phi) is 7.42. The fourth-order valence-electron chi connectivity index (χ4n) is 5.67. The third-order valence-corrected chi connectivity index (χ3v) is 7.84. The second-order valence-corrected chi connectivity index (χ2v) is 10.2. The maximum Gasteiger partial charge on any atom is 0.409 e. The van der Waals surface area contributed by atoms with E-state index in [4.69, 9.17) is 4.74 Å². The van der Waals surface area contributed by atoms with E-state index in [0.717, 1.165) is 39.1 Å². The summed E-state index contributed by atoms with van der Waals surface area (Å²) >= 11 is 0. The van der Waals surface area contributed by atoms with Crippen molar-refractivity contribution in [1.29, 1.82) is 0 Å². The molecule has 1 aromatic carbocycles. The molecule has 1 saturated carbocycles. The SMILES string of the molecule is C[C@@H]1C[C@@H](CCN(C)C(=O)OCC2CCCCC2)c2ccc(N3CCN(C)CC3)cc21. The average molecular weight is 428 g/mol. The van der Waals surface area contributed by atoms with Gasteiger partial charge < -0.3 is 19.4 Å². The largest absolute Gasteiger partial charge is 0.449 e.